The molecule has 0 aliphatic rings. The summed E-state index contributed by atoms with van der Waals surface area (Å²) in [5, 5.41) is 19.1. The van der Waals surface area contributed by atoms with Gasteiger partial charge in [-0.3, -0.25) is 10.1 Å². The van der Waals surface area contributed by atoms with Crippen molar-refractivity contribution in [2.75, 3.05) is 11.4 Å². The Bertz CT molecular complexity index is 1260. The number of nitro benzene ring substituents is 1. The molecule has 9 nitrogen and oxygen atoms in total. The van der Waals surface area contributed by atoms with Crippen LogP contribution in [0, 0.1) is 17.0 Å². The van der Waals surface area contributed by atoms with Crippen LogP contribution in [0.4, 0.5) is 22.7 Å². The van der Waals surface area contributed by atoms with Gasteiger partial charge in [0.2, 0.25) is 0 Å². The van der Waals surface area contributed by atoms with Gasteiger partial charge in [0.1, 0.15) is 10.1 Å². The van der Waals surface area contributed by atoms with Gasteiger partial charge in [0.25, 0.3) is 5.69 Å². The van der Waals surface area contributed by atoms with Crippen molar-refractivity contribution in [3.63, 3.8) is 0 Å². The molecular weight excluding hydrogens is 455 g/mol. The fourth-order valence-corrected chi connectivity index (χ4v) is 3.65. The van der Waals surface area contributed by atoms with Crippen LogP contribution in [-0.4, -0.2) is 24.4 Å². The number of anilines is 1. The summed E-state index contributed by atoms with van der Waals surface area (Å²) in [5.41, 5.74) is 3.65. The van der Waals surface area contributed by atoms with Crippen LogP contribution in [0.25, 0.3) is 0 Å². The number of benzene rings is 3. The van der Waals surface area contributed by atoms with E-state index < -0.39 is 15.0 Å². The molecule has 0 unspecified atom stereocenters. The van der Waals surface area contributed by atoms with E-state index in [4.69, 9.17) is 0 Å². The van der Waals surface area contributed by atoms with Crippen LogP contribution < -0.4 is 34.5 Å². The summed E-state index contributed by atoms with van der Waals surface area (Å²) in [7, 11) is -4.51. The molecule has 3 aromatic carbocycles. The molecule has 3 rings (SSSR count). The summed E-state index contributed by atoms with van der Waals surface area (Å²) < 4.78 is 33.9. The largest absolute Gasteiger partial charge is 1.00 e. The fraction of sp³-hybridized carbons (Fsp3) is 0.182. The van der Waals surface area contributed by atoms with Crippen LogP contribution in [0.5, 0.6) is 0 Å². The summed E-state index contributed by atoms with van der Waals surface area (Å²) in [6.07, 6.45) is 0. The predicted molar refractivity (Wildman–Crippen MR) is 120 cm³/mol. The zero-order valence-electron chi connectivity index (χ0n) is 18.5. The maximum absolute atomic E-state index is 11.3. The second-order valence-electron chi connectivity index (χ2n) is 7.06. The van der Waals surface area contributed by atoms with Crippen LogP contribution in [0.3, 0.4) is 0 Å². The molecule has 0 aliphatic heterocycles. The number of non-ortho nitro benzene ring substituents is 1. The first-order valence-electron chi connectivity index (χ1n) is 9.74. The average Bonchev–Trinajstić information content (AvgIpc) is 2.76. The normalized spacial score (nSPS) is 11.2. The van der Waals surface area contributed by atoms with Crippen molar-refractivity contribution in [2.24, 2.45) is 10.2 Å². The molecule has 33 heavy (non-hydrogen) atoms. The number of nitrogens with zero attached hydrogens (tertiary/aromatic N) is 4. The zero-order chi connectivity index (χ0) is 23.3. The van der Waals surface area contributed by atoms with Gasteiger partial charge in [-0.2, -0.15) is 10.2 Å². The summed E-state index contributed by atoms with van der Waals surface area (Å²) in [5.74, 6) is 0. The van der Waals surface area contributed by atoms with Gasteiger partial charge in [-0.15, -0.1) is 0 Å². The molecule has 0 atom stereocenters. The summed E-state index contributed by atoms with van der Waals surface area (Å²) in [4.78, 5) is 12.1. The van der Waals surface area contributed by atoms with Crippen molar-refractivity contribution in [1.29, 1.82) is 0 Å². The Kier molecular flexibility index (Phi) is 9.26. The van der Waals surface area contributed by atoms with E-state index in [0.29, 0.717) is 30.0 Å². The van der Waals surface area contributed by atoms with Gasteiger partial charge in [-0.25, -0.2) is 8.42 Å². The Morgan fingerprint density at radius 2 is 1.70 bits per heavy atom. The minimum atomic E-state index is -4.51. The molecule has 0 N–H and O–H groups in total. The molecule has 0 saturated carbocycles. The number of nitro groups is 1. The molecule has 0 aliphatic carbocycles. The molecule has 0 amide bonds. The van der Waals surface area contributed by atoms with Gasteiger partial charge < -0.3 is 9.45 Å². The minimum absolute atomic E-state index is 0. The van der Waals surface area contributed by atoms with Gasteiger partial charge in [0, 0.05) is 30.9 Å². The quantitative estimate of drug-likeness (QED) is 0.161. The number of hydrogen-bond acceptors (Lipinski definition) is 8. The van der Waals surface area contributed by atoms with E-state index in [1.807, 2.05) is 36.9 Å². The van der Waals surface area contributed by atoms with Crippen molar-refractivity contribution >= 4 is 32.9 Å². The third-order valence-electron chi connectivity index (χ3n) is 4.82. The SMILES string of the molecule is CCN(Cc1cccc(S(=O)(=O)[O-])c1)c1ccc(N=Nc2ccc([N+](=O)[O-])cc2)c(C)c1.[Na+]. The van der Waals surface area contributed by atoms with E-state index in [2.05, 4.69) is 10.2 Å². The standard InChI is InChI=1S/C22H22N4O5S.Na/c1-3-25(15-17-5-4-6-21(14-17)32(29,30)31)20-11-12-22(16(2)13-20)24-23-18-7-9-19(10-8-18)26(27)28;/h4-14H,3,15H2,1-2H3,(H,29,30,31);/q;+1/p-1. The maximum atomic E-state index is 11.3. The minimum Gasteiger partial charge on any atom is -0.744 e. The number of rotatable bonds is 8. The van der Waals surface area contributed by atoms with Gasteiger partial charge >= 0.3 is 29.6 Å². The Labute approximate surface area is 214 Å². The topological polar surface area (TPSA) is 128 Å². The van der Waals surface area contributed by atoms with Crippen molar-refractivity contribution in [3.05, 3.63) is 88.0 Å². The van der Waals surface area contributed by atoms with E-state index in [1.165, 1.54) is 36.4 Å². The molecule has 0 heterocycles. The summed E-state index contributed by atoms with van der Waals surface area (Å²) >= 11 is 0. The second-order valence-corrected chi connectivity index (χ2v) is 8.44. The van der Waals surface area contributed by atoms with Crippen molar-refractivity contribution in [3.8, 4) is 0 Å². The predicted octanol–water partition coefficient (Wildman–Crippen LogP) is 2.25. The Morgan fingerprint density at radius 3 is 2.27 bits per heavy atom. The Balaban J connectivity index is 0.00000385. The average molecular weight is 476 g/mol. The molecule has 0 spiro atoms. The Hall–Kier alpha value is -2.63. The molecule has 166 valence electrons. The molecule has 11 heteroatoms. The third-order valence-corrected chi connectivity index (χ3v) is 5.65. The summed E-state index contributed by atoms with van der Waals surface area (Å²) in [6, 6.07) is 17.5. The van der Waals surface area contributed by atoms with E-state index >= 15 is 0 Å². The van der Waals surface area contributed by atoms with Gasteiger partial charge in [-0.05, 0) is 67.4 Å². The van der Waals surface area contributed by atoms with Gasteiger partial charge in [0.15, 0.2) is 0 Å². The summed E-state index contributed by atoms with van der Waals surface area (Å²) in [6.45, 7) is 4.97. The van der Waals surface area contributed by atoms with Crippen LogP contribution in [0.2, 0.25) is 0 Å². The molecular formula is C22H21N4NaO5S. The Morgan fingerprint density at radius 1 is 1.00 bits per heavy atom. The van der Waals surface area contributed by atoms with E-state index in [1.54, 1.807) is 12.1 Å². The first-order valence-corrected chi connectivity index (χ1v) is 11.1. The van der Waals surface area contributed by atoms with Crippen LogP contribution >= 0.6 is 0 Å². The molecule has 3 aromatic rings. The second kappa shape index (κ2) is 11.5. The molecule has 0 fully saturated rings. The zero-order valence-corrected chi connectivity index (χ0v) is 21.3. The first kappa shape index (κ1) is 26.6. The van der Waals surface area contributed by atoms with Crippen LogP contribution in [-0.2, 0) is 16.7 Å². The number of hydrogen-bond donors (Lipinski definition) is 0. The van der Waals surface area contributed by atoms with Gasteiger partial charge in [-0.1, -0.05) is 12.1 Å². The molecule has 0 saturated heterocycles. The van der Waals surface area contributed by atoms with Crippen LogP contribution in [0.1, 0.15) is 18.1 Å². The van der Waals surface area contributed by atoms with Crippen molar-refractivity contribution in [2.45, 2.75) is 25.3 Å². The van der Waals surface area contributed by atoms with Crippen molar-refractivity contribution in [1.82, 2.24) is 0 Å². The van der Waals surface area contributed by atoms with E-state index in [-0.39, 0.29) is 40.1 Å². The molecule has 0 radical (unpaired) electrons. The monoisotopic (exact) mass is 476 g/mol. The van der Waals surface area contributed by atoms with Crippen molar-refractivity contribution < 1.29 is 47.5 Å². The fourth-order valence-electron chi connectivity index (χ4n) is 3.11. The molecule has 0 aromatic heterocycles. The van der Waals surface area contributed by atoms with Gasteiger partial charge in [0.05, 0.1) is 21.2 Å². The first-order chi connectivity index (χ1) is 15.2. The van der Waals surface area contributed by atoms with E-state index in [9.17, 15) is 23.1 Å². The third kappa shape index (κ3) is 7.18. The maximum Gasteiger partial charge on any atom is 1.00 e. The van der Waals surface area contributed by atoms with Crippen LogP contribution in [0.15, 0.2) is 81.9 Å². The smallest absolute Gasteiger partial charge is 0.744 e. The number of azo groups is 1. The molecule has 0 bridgehead atoms. The number of aryl methyl sites for hydroxylation is 1. The van der Waals surface area contributed by atoms with E-state index in [0.717, 1.165) is 11.3 Å².